The van der Waals surface area contributed by atoms with Gasteiger partial charge >= 0.3 is 12.1 Å². The number of urea groups is 2. The van der Waals surface area contributed by atoms with E-state index in [4.69, 9.17) is 0 Å². The van der Waals surface area contributed by atoms with Gasteiger partial charge in [0, 0.05) is 47.7 Å². The Morgan fingerprint density at radius 3 is 1.61 bits per heavy atom. The predicted octanol–water partition coefficient (Wildman–Crippen LogP) is 4.52. The topological polar surface area (TPSA) is 115 Å². The molecule has 2 saturated heterocycles. The Bertz CT molecular complexity index is 1710. The van der Waals surface area contributed by atoms with E-state index in [0.29, 0.717) is 19.5 Å². The second kappa shape index (κ2) is 10.3. The van der Waals surface area contributed by atoms with Crippen molar-refractivity contribution in [1.29, 1.82) is 0 Å². The van der Waals surface area contributed by atoms with Gasteiger partial charge < -0.3 is 0 Å². The summed E-state index contributed by atoms with van der Waals surface area (Å²) in [5.74, 6) is -3.38. The van der Waals surface area contributed by atoms with E-state index >= 15 is 4.39 Å². The van der Waals surface area contributed by atoms with Crippen LogP contribution in [0.3, 0.4) is 0 Å². The van der Waals surface area contributed by atoms with Crippen molar-refractivity contribution in [2.24, 2.45) is 0 Å². The van der Waals surface area contributed by atoms with E-state index in [1.54, 1.807) is 6.07 Å². The molecule has 0 N–H and O–H groups in total. The summed E-state index contributed by atoms with van der Waals surface area (Å²) in [5.41, 5.74) is 0.459. The summed E-state index contributed by atoms with van der Waals surface area (Å²) in [6, 6.07) is 5.30. The summed E-state index contributed by atoms with van der Waals surface area (Å²) < 4.78 is 15.1. The third kappa shape index (κ3) is 4.73. The first kappa shape index (κ1) is 28.3. The molecular formula is C27H21FN4O6S3. The highest BCUT2D eigenvalue weighted by molar-refractivity contribution is 7.27. The van der Waals surface area contributed by atoms with Crippen molar-refractivity contribution >= 4 is 81.9 Å². The van der Waals surface area contributed by atoms with Crippen molar-refractivity contribution in [3.05, 3.63) is 56.5 Å². The van der Waals surface area contributed by atoms with Gasteiger partial charge in [-0.1, -0.05) is 0 Å². The van der Waals surface area contributed by atoms with Gasteiger partial charge in [-0.2, -0.15) is 0 Å². The number of imide groups is 4. The van der Waals surface area contributed by atoms with Crippen molar-refractivity contribution in [3.63, 3.8) is 0 Å². The third-order valence-corrected chi connectivity index (χ3v) is 10.2. The Morgan fingerprint density at radius 2 is 1.10 bits per heavy atom. The summed E-state index contributed by atoms with van der Waals surface area (Å²) in [6.07, 6.45) is 2.75. The minimum atomic E-state index is -0.756. The van der Waals surface area contributed by atoms with Gasteiger partial charge in [0.2, 0.25) is 0 Å². The lowest BCUT2D eigenvalue weighted by atomic mass is 10.1. The monoisotopic (exact) mass is 612 g/mol. The van der Waals surface area contributed by atoms with Crippen molar-refractivity contribution in [1.82, 2.24) is 19.6 Å². The summed E-state index contributed by atoms with van der Waals surface area (Å²) >= 11 is 3.77. The van der Waals surface area contributed by atoms with E-state index in [2.05, 4.69) is 0 Å². The number of amides is 8. The lowest BCUT2D eigenvalue weighted by Crippen LogP contribution is -2.52. The molecule has 0 aromatic carbocycles. The van der Waals surface area contributed by atoms with Gasteiger partial charge in [0.25, 0.3) is 23.6 Å². The summed E-state index contributed by atoms with van der Waals surface area (Å²) in [7, 11) is 5.16. The zero-order valence-corrected chi connectivity index (χ0v) is 24.8. The van der Waals surface area contributed by atoms with Crippen LogP contribution in [0.15, 0.2) is 35.4 Å². The first-order valence-corrected chi connectivity index (χ1v) is 14.4. The van der Waals surface area contributed by atoms with E-state index in [0.717, 1.165) is 46.3 Å². The molecular weight excluding hydrogens is 592 g/mol. The highest BCUT2D eigenvalue weighted by atomic mass is 32.1. The number of halogens is 1. The molecule has 3 aromatic heterocycles. The van der Waals surface area contributed by atoms with Crippen LogP contribution >= 0.6 is 34.0 Å². The smallest absolute Gasteiger partial charge is 0.268 e. The molecule has 2 aliphatic rings. The van der Waals surface area contributed by atoms with Crippen molar-refractivity contribution in [3.8, 4) is 19.5 Å². The molecule has 5 rings (SSSR count). The van der Waals surface area contributed by atoms with Gasteiger partial charge in [0.1, 0.15) is 17.0 Å². The van der Waals surface area contributed by atoms with Crippen LogP contribution in [0.4, 0.5) is 14.0 Å². The molecule has 5 heterocycles. The summed E-state index contributed by atoms with van der Waals surface area (Å²) in [5, 5.41) is 0. The molecule has 14 heteroatoms. The molecule has 0 spiro atoms. The molecule has 0 bridgehead atoms. The van der Waals surface area contributed by atoms with Crippen LogP contribution in [0.25, 0.3) is 31.7 Å². The second-order valence-electron chi connectivity index (χ2n) is 9.29. The molecule has 8 amide bonds. The van der Waals surface area contributed by atoms with Crippen LogP contribution in [0.2, 0.25) is 0 Å². The predicted molar refractivity (Wildman–Crippen MR) is 153 cm³/mol. The standard InChI is InChI=1S/C27H21FN4O6S3/c1-12-8-19(18-7-6-13(39-18)9-15-22(33)29(2)26(37)30(3)23(15)34)41-20(12)21-17(28)11-14(40-21)10-16-24(35)31(4)27(38)32(5)25(16)36/h6-11H,1-5H3. The van der Waals surface area contributed by atoms with Crippen LogP contribution in [0.5, 0.6) is 0 Å². The Hall–Kier alpha value is -4.27. The Morgan fingerprint density at radius 1 is 0.610 bits per heavy atom. The molecule has 41 heavy (non-hydrogen) atoms. The highest BCUT2D eigenvalue weighted by Crippen LogP contribution is 2.44. The second-order valence-corrected chi connectivity index (χ2v) is 12.5. The zero-order chi connectivity index (χ0) is 29.9. The maximum Gasteiger partial charge on any atom is 0.333 e. The fourth-order valence-corrected chi connectivity index (χ4v) is 7.62. The minimum Gasteiger partial charge on any atom is -0.268 e. The van der Waals surface area contributed by atoms with Crippen LogP contribution in [0, 0.1) is 12.7 Å². The lowest BCUT2D eigenvalue weighted by molar-refractivity contribution is -0.135. The fraction of sp³-hybridized carbons (Fsp3) is 0.185. The molecule has 0 saturated carbocycles. The molecule has 0 radical (unpaired) electrons. The SMILES string of the molecule is Cc1cc(-c2ccc(C=C3C(=O)N(C)C(=O)N(C)C3=O)s2)sc1-c1sc(C=C2C(=O)N(C)C(=O)N(C)C2=O)cc1F. The largest absolute Gasteiger partial charge is 0.333 e. The number of rotatable bonds is 4. The molecule has 0 aliphatic carbocycles. The van der Waals surface area contributed by atoms with Crippen molar-refractivity contribution in [2.75, 3.05) is 28.2 Å². The molecule has 2 aliphatic heterocycles. The van der Waals surface area contributed by atoms with Gasteiger partial charge in [0.05, 0.1) is 9.75 Å². The normalized spacial score (nSPS) is 16.5. The highest BCUT2D eigenvalue weighted by Gasteiger charge is 2.39. The van der Waals surface area contributed by atoms with Gasteiger partial charge in [-0.3, -0.25) is 38.8 Å². The average molecular weight is 613 g/mol. The van der Waals surface area contributed by atoms with Gasteiger partial charge in [-0.15, -0.1) is 34.0 Å². The number of carbonyl (C=O) groups is 6. The van der Waals surface area contributed by atoms with Crippen LogP contribution in [-0.2, 0) is 19.2 Å². The summed E-state index contributed by atoms with van der Waals surface area (Å²) in [4.78, 5) is 81.1. The number of aryl methyl sites for hydroxylation is 1. The maximum absolute atomic E-state index is 15.1. The first-order valence-electron chi connectivity index (χ1n) is 11.9. The van der Waals surface area contributed by atoms with Gasteiger partial charge in [0.15, 0.2) is 0 Å². The van der Waals surface area contributed by atoms with E-state index < -0.39 is 41.5 Å². The molecule has 0 atom stereocenters. The zero-order valence-electron chi connectivity index (χ0n) is 22.3. The minimum absolute atomic E-state index is 0.120. The molecule has 2 fully saturated rings. The van der Waals surface area contributed by atoms with Crippen molar-refractivity contribution < 1.29 is 33.2 Å². The number of likely N-dealkylation sites (N-methyl/N-ethyl adjacent to an activating group) is 4. The number of hydrogen-bond acceptors (Lipinski definition) is 9. The van der Waals surface area contributed by atoms with Gasteiger partial charge in [-0.25, -0.2) is 14.0 Å². The maximum atomic E-state index is 15.1. The Kier molecular flexibility index (Phi) is 7.09. The fourth-order valence-electron chi connectivity index (χ4n) is 4.24. The van der Waals surface area contributed by atoms with Crippen LogP contribution in [-0.4, -0.2) is 83.5 Å². The third-order valence-electron chi connectivity index (χ3n) is 6.56. The number of thiophene rings is 3. The quantitative estimate of drug-likeness (QED) is 0.316. The number of nitrogens with zero attached hydrogens (tertiary/aromatic N) is 4. The number of carbonyl (C=O) groups excluding carboxylic acids is 6. The first-order chi connectivity index (χ1) is 19.3. The molecule has 3 aromatic rings. The van der Waals surface area contributed by atoms with E-state index in [1.807, 2.05) is 19.1 Å². The van der Waals surface area contributed by atoms with Crippen molar-refractivity contribution in [2.45, 2.75) is 6.92 Å². The Labute approximate surface area is 245 Å². The number of hydrogen-bond donors (Lipinski definition) is 0. The summed E-state index contributed by atoms with van der Waals surface area (Å²) in [6.45, 7) is 1.84. The Balaban J connectivity index is 1.44. The number of barbiturate groups is 2. The van der Waals surface area contributed by atoms with E-state index in [9.17, 15) is 28.8 Å². The average Bonchev–Trinajstić information content (AvgIpc) is 3.67. The van der Waals surface area contributed by atoms with E-state index in [1.165, 1.54) is 69.1 Å². The molecule has 210 valence electrons. The van der Waals surface area contributed by atoms with E-state index in [-0.39, 0.29) is 11.1 Å². The lowest BCUT2D eigenvalue weighted by Gasteiger charge is -2.28. The molecule has 10 nitrogen and oxygen atoms in total. The molecule has 0 unspecified atom stereocenters. The van der Waals surface area contributed by atoms with Crippen LogP contribution < -0.4 is 0 Å². The van der Waals surface area contributed by atoms with Gasteiger partial charge in [-0.05, 0) is 48.9 Å². The van der Waals surface area contributed by atoms with Crippen LogP contribution in [0.1, 0.15) is 15.3 Å².